The fourth-order valence-electron chi connectivity index (χ4n) is 1.38. The molecule has 1 aromatic heterocycles. The van der Waals surface area contributed by atoms with Gasteiger partial charge in [-0.2, -0.15) is 0 Å². The van der Waals surface area contributed by atoms with Crippen molar-refractivity contribution in [3.63, 3.8) is 0 Å². The summed E-state index contributed by atoms with van der Waals surface area (Å²) in [7, 11) is 0. The van der Waals surface area contributed by atoms with E-state index < -0.39 is 0 Å². The summed E-state index contributed by atoms with van der Waals surface area (Å²) in [6.07, 6.45) is 0. The summed E-state index contributed by atoms with van der Waals surface area (Å²) in [4.78, 5) is 17.6. The molecule has 6 nitrogen and oxygen atoms in total. The minimum Gasteiger partial charge on any atom is -0.409 e. The van der Waals surface area contributed by atoms with Gasteiger partial charge in [0.15, 0.2) is 5.84 Å². The largest absolute Gasteiger partial charge is 0.409 e. The molecule has 1 aromatic rings. The van der Waals surface area contributed by atoms with E-state index in [1.54, 1.807) is 12.1 Å². The molecular formula is C11H16N4O2. The van der Waals surface area contributed by atoms with Crippen molar-refractivity contribution in [3.8, 4) is 0 Å². The lowest BCUT2D eigenvalue weighted by atomic mass is 10.2. The predicted octanol–water partition coefficient (Wildman–Crippen LogP) is 0.599. The smallest absolute Gasteiger partial charge is 0.272 e. The third kappa shape index (κ3) is 3.44. The molecule has 0 unspecified atom stereocenters. The van der Waals surface area contributed by atoms with Crippen LogP contribution < -0.4 is 5.73 Å². The summed E-state index contributed by atoms with van der Waals surface area (Å²) >= 11 is 0. The highest BCUT2D eigenvalue weighted by Gasteiger charge is 2.16. The lowest BCUT2D eigenvalue weighted by molar-refractivity contribution is 0.0780. The molecule has 0 atom stereocenters. The summed E-state index contributed by atoms with van der Waals surface area (Å²) in [5, 5.41) is 11.3. The molecule has 6 heteroatoms. The quantitative estimate of drug-likeness (QED) is 0.346. The van der Waals surface area contributed by atoms with Crippen molar-refractivity contribution < 1.29 is 10.0 Å². The maximum Gasteiger partial charge on any atom is 0.272 e. The van der Waals surface area contributed by atoms with E-state index in [9.17, 15) is 4.79 Å². The van der Waals surface area contributed by atoms with Gasteiger partial charge in [-0.1, -0.05) is 11.2 Å². The summed E-state index contributed by atoms with van der Waals surface area (Å²) in [5.41, 5.74) is 6.51. The Morgan fingerprint density at radius 2 is 2.29 bits per heavy atom. The van der Waals surface area contributed by atoms with Crippen LogP contribution >= 0.6 is 0 Å². The van der Waals surface area contributed by atoms with Crippen LogP contribution in [-0.2, 0) is 0 Å². The molecule has 0 aromatic carbocycles. The van der Waals surface area contributed by atoms with Gasteiger partial charge >= 0.3 is 0 Å². The van der Waals surface area contributed by atoms with Crippen molar-refractivity contribution in [2.24, 2.45) is 10.9 Å². The number of amidine groups is 1. The molecule has 3 N–H and O–H groups in total. The van der Waals surface area contributed by atoms with Crippen LogP contribution in [0.15, 0.2) is 23.4 Å². The van der Waals surface area contributed by atoms with Gasteiger partial charge in [0, 0.05) is 12.2 Å². The number of rotatable bonds is 4. The van der Waals surface area contributed by atoms with Gasteiger partial charge in [-0.05, 0) is 26.0 Å². The number of hydrogen-bond donors (Lipinski definition) is 2. The van der Waals surface area contributed by atoms with Crippen molar-refractivity contribution in [1.29, 1.82) is 0 Å². The molecule has 1 amide bonds. The topological polar surface area (TPSA) is 91.8 Å². The molecule has 0 aliphatic carbocycles. The lowest BCUT2D eigenvalue weighted by Crippen LogP contribution is -2.38. The average molecular weight is 236 g/mol. The average Bonchev–Trinajstić information content (AvgIpc) is 2.34. The van der Waals surface area contributed by atoms with Gasteiger partial charge in [-0.15, -0.1) is 0 Å². The second-order valence-corrected chi connectivity index (χ2v) is 3.57. The Hall–Kier alpha value is -2.11. The Kier molecular flexibility index (Phi) is 4.45. The standard InChI is InChI=1S/C11H16N4O2/c1-3-15(7-10(12)14-17)11(16)9-6-4-5-8(2)13-9/h4-6,17H,3,7H2,1-2H3,(H2,12,14). The maximum atomic E-state index is 12.1. The van der Waals surface area contributed by atoms with Crippen LogP contribution in [0.25, 0.3) is 0 Å². The fraction of sp³-hybridized carbons (Fsp3) is 0.364. The van der Waals surface area contributed by atoms with Crippen LogP contribution in [0, 0.1) is 6.92 Å². The maximum absolute atomic E-state index is 12.1. The number of oxime groups is 1. The summed E-state index contributed by atoms with van der Waals surface area (Å²) < 4.78 is 0. The van der Waals surface area contributed by atoms with Crippen LogP contribution in [0.4, 0.5) is 0 Å². The minimum atomic E-state index is -0.234. The summed E-state index contributed by atoms with van der Waals surface area (Å²) in [6.45, 7) is 4.18. The number of amides is 1. The molecule has 0 spiro atoms. The van der Waals surface area contributed by atoms with E-state index in [2.05, 4.69) is 10.1 Å². The number of carbonyl (C=O) groups excluding carboxylic acids is 1. The number of hydrogen-bond acceptors (Lipinski definition) is 4. The molecule has 0 fully saturated rings. The van der Waals surface area contributed by atoms with Gasteiger partial charge < -0.3 is 15.8 Å². The van der Waals surface area contributed by atoms with Gasteiger partial charge in [0.25, 0.3) is 5.91 Å². The Balaban J connectivity index is 2.86. The van der Waals surface area contributed by atoms with Crippen molar-refractivity contribution in [3.05, 3.63) is 29.6 Å². The van der Waals surface area contributed by atoms with Crippen LogP contribution in [0.2, 0.25) is 0 Å². The van der Waals surface area contributed by atoms with Crippen molar-refractivity contribution in [2.75, 3.05) is 13.1 Å². The van der Waals surface area contributed by atoms with E-state index >= 15 is 0 Å². The predicted molar refractivity (Wildman–Crippen MR) is 64.0 cm³/mol. The number of carbonyl (C=O) groups is 1. The molecule has 1 rings (SSSR count). The normalized spacial score (nSPS) is 11.3. The monoisotopic (exact) mass is 236 g/mol. The molecule has 1 heterocycles. The van der Waals surface area contributed by atoms with Crippen LogP contribution in [0.3, 0.4) is 0 Å². The molecule has 0 aliphatic rings. The first-order chi connectivity index (χ1) is 8.08. The zero-order valence-electron chi connectivity index (χ0n) is 9.92. The Bertz CT molecular complexity index is 431. The molecule has 0 saturated carbocycles. The van der Waals surface area contributed by atoms with Crippen molar-refractivity contribution in [2.45, 2.75) is 13.8 Å². The number of nitrogens with two attached hydrogens (primary N) is 1. The molecule has 92 valence electrons. The van der Waals surface area contributed by atoms with Crippen molar-refractivity contribution in [1.82, 2.24) is 9.88 Å². The van der Waals surface area contributed by atoms with Crippen LogP contribution in [0.5, 0.6) is 0 Å². The number of aryl methyl sites for hydroxylation is 1. The number of nitrogens with zero attached hydrogens (tertiary/aromatic N) is 3. The van der Waals surface area contributed by atoms with Gasteiger partial charge in [0.1, 0.15) is 5.69 Å². The molecule has 17 heavy (non-hydrogen) atoms. The van der Waals surface area contributed by atoms with Gasteiger partial charge in [-0.3, -0.25) is 4.79 Å². The van der Waals surface area contributed by atoms with Crippen molar-refractivity contribution >= 4 is 11.7 Å². The molecule has 0 saturated heterocycles. The molecule has 0 aliphatic heterocycles. The fourth-order valence-corrected chi connectivity index (χ4v) is 1.38. The van der Waals surface area contributed by atoms with Crippen LogP contribution in [0.1, 0.15) is 23.1 Å². The van der Waals surface area contributed by atoms with E-state index in [-0.39, 0.29) is 18.3 Å². The lowest BCUT2D eigenvalue weighted by Gasteiger charge is -2.19. The van der Waals surface area contributed by atoms with Crippen LogP contribution in [-0.4, -0.2) is 39.9 Å². The van der Waals surface area contributed by atoms with Gasteiger partial charge in [0.05, 0.1) is 6.54 Å². The SMILES string of the molecule is CCN(CC(N)=NO)C(=O)c1cccc(C)n1. The zero-order valence-corrected chi connectivity index (χ0v) is 9.92. The first kappa shape index (κ1) is 13.0. The van der Waals surface area contributed by atoms with E-state index in [1.807, 2.05) is 19.9 Å². The Labute approximate surface area is 99.7 Å². The first-order valence-electron chi connectivity index (χ1n) is 5.27. The zero-order chi connectivity index (χ0) is 12.8. The number of aromatic nitrogens is 1. The third-order valence-electron chi connectivity index (χ3n) is 2.26. The van der Waals surface area contributed by atoms with Gasteiger partial charge in [0.2, 0.25) is 0 Å². The second kappa shape index (κ2) is 5.83. The summed E-state index contributed by atoms with van der Waals surface area (Å²) in [5.74, 6) is -0.240. The molecular weight excluding hydrogens is 220 g/mol. The summed E-state index contributed by atoms with van der Waals surface area (Å²) in [6, 6.07) is 5.23. The third-order valence-corrected chi connectivity index (χ3v) is 2.26. The molecule has 0 bridgehead atoms. The Morgan fingerprint density at radius 1 is 1.59 bits per heavy atom. The van der Waals surface area contributed by atoms with E-state index in [0.717, 1.165) is 5.69 Å². The van der Waals surface area contributed by atoms with E-state index in [1.165, 1.54) is 4.90 Å². The highest BCUT2D eigenvalue weighted by Crippen LogP contribution is 2.03. The first-order valence-corrected chi connectivity index (χ1v) is 5.27. The number of pyridine rings is 1. The second-order valence-electron chi connectivity index (χ2n) is 3.57. The van der Waals surface area contributed by atoms with E-state index in [0.29, 0.717) is 12.2 Å². The van der Waals surface area contributed by atoms with E-state index in [4.69, 9.17) is 10.9 Å². The molecule has 0 radical (unpaired) electrons. The highest BCUT2D eigenvalue weighted by atomic mass is 16.4. The van der Waals surface area contributed by atoms with Gasteiger partial charge in [-0.25, -0.2) is 4.98 Å². The highest BCUT2D eigenvalue weighted by molar-refractivity contribution is 5.95. The minimum absolute atomic E-state index is 0.00662. The Morgan fingerprint density at radius 3 is 2.82 bits per heavy atom. The number of likely N-dealkylation sites (N-methyl/N-ethyl adjacent to an activating group) is 1.